The van der Waals surface area contributed by atoms with Gasteiger partial charge in [0.25, 0.3) is 0 Å². The van der Waals surface area contributed by atoms with Gasteiger partial charge in [0, 0.05) is 19.7 Å². The fraction of sp³-hybridized carbons (Fsp3) is 0.310. The monoisotopic (exact) mass is 528 g/mol. The minimum absolute atomic E-state index is 0.0385. The van der Waals surface area contributed by atoms with Gasteiger partial charge in [0.2, 0.25) is 11.8 Å². The first-order valence-corrected chi connectivity index (χ1v) is 13.0. The van der Waals surface area contributed by atoms with Crippen LogP contribution in [0.15, 0.2) is 79.0 Å². The number of rotatable bonds is 6. The molecule has 3 atom stereocenters. The van der Waals surface area contributed by atoms with Crippen molar-refractivity contribution < 1.29 is 19.5 Å². The molecule has 2 aliphatic heterocycles. The first-order valence-electron chi connectivity index (χ1n) is 13.0. The maximum atomic E-state index is 13.8. The summed E-state index contributed by atoms with van der Waals surface area (Å²) in [6.07, 6.45) is 1.22. The van der Waals surface area contributed by atoms with E-state index in [2.05, 4.69) is 10.3 Å². The van der Waals surface area contributed by atoms with Crippen molar-refractivity contribution in [2.75, 3.05) is 20.1 Å². The first-order chi connectivity index (χ1) is 18.8. The lowest BCUT2D eigenvalue weighted by atomic mass is 9.98. The average Bonchev–Trinajstić information content (AvgIpc) is 2.93. The highest BCUT2D eigenvalue weighted by Crippen LogP contribution is 2.29. The number of likely N-dealkylation sites (N-methyl/N-ethyl adjacent to an activating group) is 1. The quantitative estimate of drug-likeness (QED) is 0.509. The van der Waals surface area contributed by atoms with Gasteiger partial charge < -0.3 is 20.2 Å². The minimum atomic E-state index is -0.819. The highest BCUT2D eigenvalue weighted by Gasteiger charge is 2.50. The van der Waals surface area contributed by atoms with E-state index in [1.54, 1.807) is 57.3 Å². The van der Waals surface area contributed by atoms with Crippen LogP contribution in [0, 0.1) is 0 Å². The van der Waals surface area contributed by atoms with Crippen molar-refractivity contribution in [2.45, 2.75) is 38.1 Å². The van der Waals surface area contributed by atoms with E-state index in [4.69, 9.17) is 0 Å². The van der Waals surface area contributed by atoms with Crippen LogP contribution in [0.4, 0.5) is 4.79 Å². The highest BCUT2D eigenvalue weighted by molar-refractivity contribution is 5.91. The van der Waals surface area contributed by atoms with E-state index in [0.29, 0.717) is 5.69 Å². The van der Waals surface area contributed by atoms with E-state index in [1.165, 1.54) is 0 Å². The number of aromatic hydroxyl groups is 1. The SMILES string of the molecule is C[C@@H](NC(=O)N1C2CN(Cc3ccccn3)C(=O)[C@H](Cc3ccc(O)cc3)N2C(=O)CN1C)c1ccccc1. The summed E-state index contributed by atoms with van der Waals surface area (Å²) in [5.41, 5.74) is 2.47. The Morgan fingerprint density at radius 2 is 1.77 bits per heavy atom. The van der Waals surface area contributed by atoms with E-state index in [1.807, 2.05) is 55.5 Å². The summed E-state index contributed by atoms with van der Waals surface area (Å²) < 4.78 is 0. The molecular weight excluding hydrogens is 496 g/mol. The summed E-state index contributed by atoms with van der Waals surface area (Å²) in [5.74, 6) is -0.312. The van der Waals surface area contributed by atoms with E-state index in [0.717, 1.165) is 11.1 Å². The van der Waals surface area contributed by atoms with Crippen molar-refractivity contribution in [3.8, 4) is 5.75 Å². The molecule has 3 heterocycles. The van der Waals surface area contributed by atoms with Gasteiger partial charge in [-0.2, -0.15) is 0 Å². The van der Waals surface area contributed by atoms with Crippen LogP contribution in [-0.4, -0.2) is 80.1 Å². The minimum Gasteiger partial charge on any atom is -0.508 e. The molecule has 0 spiro atoms. The van der Waals surface area contributed by atoms with Gasteiger partial charge in [-0.05, 0) is 42.3 Å². The van der Waals surface area contributed by atoms with Crippen molar-refractivity contribution >= 4 is 17.8 Å². The number of nitrogens with zero attached hydrogens (tertiary/aromatic N) is 5. The third kappa shape index (κ3) is 5.56. The normalized spacial score (nSPS) is 20.5. The highest BCUT2D eigenvalue weighted by atomic mass is 16.3. The maximum Gasteiger partial charge on any atom is 0.334 e. The van der Waals surface area contributed by atoms with E-state index < -0.39 is 12.2 Å². The summed E-state index contributed by atoms with van der Waals surface area (Å²) in [5, 5.41) is 15.9. The molecule has 1 aromatic heterocycles. The lowest BCUT2D eigenvalue weighted by Gasteiger charge is -2.54. The van der Waals surface area contributed by atoms with Gasteiger partial charge in [-0.3, -0.25) is 14.6 Å². The Balaban J connectivity index is 1.47. The molecule has 10 heteroatoms. The number of aromatic nitrogens is 1. The number of amides is 4. The number of nitrogens with one attached hydrogen (secondary N) is 1. The number of piperazine rings is 1. The van der Waals surface area contributed by atoms with E-state index >= 15 is 0 Å². The number of carbonyl (C=O) groups is 3. The Morgan fingerprint density at radius 3 is 2.46 bits per heavy atom. The predicted octanol–water partition coefficient (Wildman–Crippen LogP) is 2.53. The number of benzene rings is 2. The number of hydrogen-bond donors (Lipinski definition) is 2. The van der Waals surface area contributed by atoms with Crippen LogP contribution >= 0.6 is 0 Å². The van der Waals surface area contributed by atoms with Gasteiger partial charge in [-0.1, -0.05) is 48.5 Å². The topological polar surface area (TPSA) is 109 Å². The van der Waals surface area contributed by atoms with E-state index in [-0.39, 0.29) is 55.7 Å². The molecule has 39 heavy (non-hydrogen) atoms. The Bertz CT molecular complexity index is 1320. The summed E-state index contributed by atoms with van der Waals surface area (Å²) in [4.78, 5) is 48.6. The molecule has 0 saturated carbocycles. The predicted molar refractivity (Wildman–Crippen MR) is 144 cm³/mol. The Hall–Kier alpha value is -4.44. The molecule has 0 aliphatic carbocycles. The van der Waals surface area contributed by atoms with Gasteiger partial charge in [0.1, 0.15) is 18.0 Å². The third-order valence-corrected chi connectivity index (χ3v) is 7.23. The van der Waals surface area contributed by atoms with Crippen molar-refractivity contribution in [3.63, 3.8) is 0 Å². The fourth-order valence-corrected chi connectivity index (χ4v) is 5.27. The third-order valence-electron chi connectivity index (χ3n) is 7.23. The molecule has 10 nitrogen and oxygen atoms in total. The standard InChI is InChI=1S/C29H32N6O4/c1-20(22-8-4-3-5-9-22)31-29(39)35-26-18-33(17-23-10-6-7-15-30-23)28(38)25(34(26)27(37)19-32(35)2)16-21-11-13-24(36)14-12-21/h3-15,20,25-26,36H,16-19H2,1-2H3,(H,31,39)/t20-,25+,26?/m1/s1. The van der Waals surface area contributed by atoms with Crippen LogP contribution in [0.1, 0.15) is 29.8 Å². The number of hydrazine groups is 1. The summed E-state index contributed by atoms with van der Waals surface area (Å²) >= 11 is 0. The molecule has 0 radical (unpaired) electrons. The van der Waals surface area contributed by atoms with Crippen LogP contribution in [-0.2, 0) is 22.6 Å². The largest absolute Gasteiger partial charge is 0.508 e. The summed E-state index contributed by atoms with van der Waals surface area (Å²) in [6.45, 7) is 2.27. The van der Waals surface area contributed by atoms with Crippen molar-refractivity contribution in [3.05, 3.63) is 95.8 Å². The molecular formula is C29H32N6O4. The van der Waals surface area contributed by atoms with Gasteiger partial charge in [0.05, 0.1) is 31.4 Å². The number of urea groups is 1. The maximum absolute atomic E-state index is 13.8. The van der Waals surface area contributed by atoms with E-state index in [9.17, 15) is 19.5 Å². The zero-order chi connectivity index (χ0) is 27.5. The molecule has 0 bridgehead atoms. The summed E-state index contributed by atoms with van der Waals surface area (Å²) in [6, 6.07) is 20.3. The van der Waals surface area contributed by atoms with Crippen LogP contribution in [0.2, 0.25) is 0 Å². The zero-order valence-electron chi connectivity index (χ0n) is 22.0. The first kappa shape index (κ1) is 26.2. The smallest absolute Gasteiger partial charge is 0.334 e. The van der Waals surface area contributed by atoms with Crippen molar-refractivity contribution in [1.82, 2.24) is 30.1 Å². The number of phenolic OH excluding ortho intramolecular Hbond substituents is 1. The molecule has 2 aliphatic rings. The molecule has 4 amide bonds. The van der Waals surface area contributed by atoms with Gasteiger partial charge >= 0.3 is 6.03 Å². The second-order valence-corrected chi connectivity index (χ2v) is 9.95. The molecule has 1 unspecified atom stereocenters. The van der Waals surface area contributed by atoms with Crippen molar-refractivity contribution in [1.29, 1.82) is 0 Å². The Kier molecular flexibility index (Phi) is 7.47. The van der Waals surface area contributed by atoms with Crippen LogP contribution in [0.5, 0.6) is 5.75 Å². The fourth-order valence-electron chi connectivity index (χ4n) is 5.27. The number of phenols is 1. The molecule has 3 aromatic rings. The van der Waals surface area contributed by atoms with Crippen LogP contribution in [0.25, 0.3) is 0 Å². The zero-order valence-corrected chi connectivity index (χ0v) is 22.0. The van der Waals surface area contributed by atoms with Crippen LogP contribution < -0.4 is 5.32 Å². The Labute approximate surface area is 227 Å². The Morgan fingerprint density at radius 1 is 1.05 bits per heavy atom. The van der Waals surface area contributed by atoms with Gasteiger partial charge in [-0.15, -0.1) is 0 Å². The second kappa shape index (κ2) is 11.1. The lowest BCUT2D eigenvalue weighted by Crippen LogP contribution is -2.76. The molecule has 2 fully saturated rings. The number of hydrogen-bond acceptors (Lipinski definition) is 6. The van der Waals surface area contributed by atoms with Crippen molar-refractivity contribution in [2.24, 2.45) is 0 Å². The summed E-state index contributed by atoms with van der Waals surface area (Å²) in [7, 11) is 1.70. The van der Waals surface area contributed by atoms with Gasteiger partial charge in [-0.25, -0.2) is 14.8 Å². The number of fused-ring (bicyclic) bond motifs is 1. The second-order valence-electron chi connectivity index (χ2n) is 9.95. The molecule has 2 N–H and O–H groups in total. The molecule has 5 rings (SSSR count). The average molecular weight is 529 g/mol. The molecule has 2 aromatic carbocycles. The molecule has 202 valence electrons. The van der Waals surface area contributed by atoms with Gasteiger partial charge in [0.15, 0.2) is 0 Å². The molecule has 2 saturated heterocycles. The van der Waals surface area contributed by atoms with Crippen LogP contribution in [0.3, 0.4) is 0 Å². The number of pyridine rings is 1. The number of carbonyl (C=O) groups excluding carboxylic acids is 3. The lowest BCUT2D eigenvalue weighted by molar-refractivity contribution is -0.187.